The number of esters is 2. The smallest absolute Gasteiger partial charge is 0.454 e. The quantitative estimate of drug-likeness (QED) is 0.102. The third-order valence-electron chi connectivity index (χ3n) is 6.60. The minimum atomic E-state index is -2.59. The molecule has 4 aromatic rings. The number of carbonyl (C=O) groups excluding carboxylic acids is 2. The molecule has 0 radical (unpaired) electrons. The van der Waals surface area contributed by atoms with E-state index in [1.807, 2.05) is 6.92 Å². The summed E-state index contributed by atoms with van der Waals surface area (Å²) in [7, 11) is 0. The Labute approximate surface area is 274 Å². The van der Waals surface area contributed by atoms with E-state index in [0.717, 1.165) is 5.56 Å². The monoisotopic (exact) mass is 671 g/mol. The molecule has 0 saturated carbocycles. The Bertz CT molecular complexity index is 1570. The topological polar surface area (TPSA) is 113 Å². The molecule has 0 bridgehead atoms. The van der Waals surface area contributed by atoms with Crippen molar-refractivity contribution in [2.24, 2.45) is 0 Å². The van der Waals surface area contributed by atoms with Crippen LogP contribution in [0.1, 0.15) is 12.5 Å². The fraction of sp³-hybridized carbons (Fsp3) is 0.212. The summed E-state index contributed by atoms with van der Waals surface area (Å²) < 4.78 is 28.2. The van der Waals surface area contributed by atoms with Gasteiger partial charge in [-0.2, -0.15) is 0 Å². The van der Waals surface area contributed by atoms with Crippen LogP contribution in [0.2, 0.25) is 15.1 Å². The van der Waals surface area contributed by atoms with E-state index in [0.29, 0.717) is 27.2 Å². The van der Waals surface area contributed by atoms with Crippen molar-refractivity contribution in [3.05, 3.63) is 112 Å². The zero-order valence-electron chi connectivity index (χ0n) is 23.9. The average Bonchev–Trinajstić information content (AvgIpc) is 3.42. The van der Waals surface area contributed by atoms with E-state index in [4.69, 9.17) is 58.5 Å². The summed E-state index contributed by atoms with van der Waals surface area (Å²) in [5.74, 6) is -3.74. The summed E-state index contributed by atoms with van der Waals surface area (Å²) >= 11 is 17.8. The molecule has 45 heavy (non-hydrogen) atoms. The van der Waals surface area contributed by atoms with Gasteiger partial charge in [0.25, 0.3) is 0 Å². The summed E-state index contributed by atoms with van der Waals surface area (Å²) in [6, 6.07) is 23.8. The highest BCUT2D eigenvalue weighted by Crippen LogP contribution is 2.42. The van der Waals surface area contributed by atoms with Crippen LogP contribution in [0.5, 0.6) is 28.7 Å². The Morgan fingerprint density at radius 2 is 1.24 bits per heavy atom. The molecule has 0 aliphatic carbocycles. The molecule has 5 rings (SSSR count). The Morgan fingerprint density at radius 3 is 1.78 bits per heavy atom. The van der Waals surface area contributed by atoms with Gasteiger partial charge in [0.15, 0.2) is 11.5 Å². The van der Waals surface area contributed by atoms with Crippen LogP contribution in [0, 0.1) is 0 Å². The zero-order chi connectivity index (χ0) is 32.0. The van der Waals surface area contributed by atoms with Gasteiger partial charge in [0, 0.05) is 27.7 Å². The molecular formula is C33H28Cl3NO8. The number of hydrogen-bond acceptors (Lipinski definition) is 9. The van der Waals surface area contributed by atoms with Crippen molar-refractivity contribution >= 4 is 46.7 Å². The number of fused-ring (bicyclic) bond motifs is 1. The lowest BCUT2D eigenvalue weighted by atomic mass is 10.1. The minimum Gasteiger partial charge on any atom is -0.491 e. The van der Waals surface area contributed by atoms with Crippen molar-refractivity contribution < 1.29 is 38.4 Å². The number of ether oxygens (including phenoxy) is 5. The number of aliphatic hydroxyl groups excluding tert-OH is 1. The molecule has 2 unspecified atom stereocenters. The number of halogens is 3. The normalized spacial score (nSPS) is 14.3. The zero-order valence-corrected chi connectivity index (χ0v) is 26.1. The van der Waals surface area contributed by atoms with Gasteiger partial charge in [-0.05, 0) is 104 Å². The molecule has 0 amide bonds. The first kappa shape index (κ1) is 32.4. The van der Waals surface area contributed by atoms with Gasteiger partial charge >= 0.3 is 17.7 Å². The molecule has 2 N–H and O–H groups in total. The lowest BCUT2D eigenvalue weighted by molar-refractivity contribution is -0.190. The second-order valence-electron chi connectivity index (χ2n) is 10.2. The van der Waals surface area contributed by atoms with Crippen molar-refractivity contribution in [2.75, 3.05) is 13.2 Å². The van der Waals surface area contributed by atoms with Gasteiger partial charge in [-0.1, -0.05) is 40.9 Å². The Hall–Kier alpha value is -3.99. The molecule has 1 aliphatic rings. The van der Waals surface area contributed by atoms with Gasteiger partial charge in [-0.15, -0.1) is 0 Å². The number of hydrogen-bond donors (Lipinski definition) is 2. The minimum absolute atomic E-state index is 0.0648. The first-order valence-corrected chi connectivity index (χ1v) is 15.0. The van der Waals surface area contributed by atoms with Crippen LogP contribution < -0.4 is 29.0 Å². The molecule has 9 nitrogen and oxygen atoms in total. The fourth-order valence-electron chi connectivity index (χ4n) is 4.32. The van der Waals surface area contributed by atoms with Crippen molar-refractivity contribution in [3.63, 3.8) is 0 Å². The highest BCUT2D eigenvalue weighted by molar-refractivity contribution is 6.31. The first-order valence-electron chi connectivity index (χ1n) is 13.9. The van der Waals surface area contributed by atoms with E-state index in [1.54, 1.807) is 42.5 Å². The molecule has 0 spiro atoms. The highest BCUT2D eigenvalue weighted by atomic mass is 35.5. The molecule has 234 valence electrons. The Kier molecular flexibility index (Phi) is 10.4. The average molecular weight is 673 g/mol. The van der Waals surface area contributed by atoms with Gasteiger partial charge in [0.05, 0.1) is 0 Å². The molecule has 4 aromatic carbocycles. The van der Waals surface area contributed by atoms with E-state index in [2.05, 4.69) is 5.32 Å². The molecule has 1 aliphatic heterocycles. The third-order valence-corrected chi connectivity index (χ3v) is 7.36. The maximum absolute atomic E-state index is 13.5. The Morgan fingerprint density at radius 1 is 0.756 bits per heavy atom. The maximum Gasteiger partial charge on any atom is 0.454 e. The van der Waals surface area contributed by atoms with E-state index in [-0.39, 0.29) is 42.2 Å². The summed E-state index contributed by atoms with van der Waals surface area (Å²) in [5.41, 5.74) is 0.817. The van der Waals surface area contributed by atoms with E-state index in [1.165, 1.54) is 48.5 Å². The third kappa shape index (κ3) is 8.39. The first-order chi connectivity index (χ1) is 21.6. The fourth-order valence-corrected chi connectivity index (χ4v) is 4.70. The van der Waals surface area contributed by atoms with Gasteiger partial charge in [0.1, 0.15) is 30.0 Å². The molecule has 2 atom stereocenters. The van der Waals surface area contributed by atoms with Crippen molar-refractivity contribution in [1.29, 1.82) is 0 Å². The van der Waals surface area contributed by atoms with Crippen LogP contribution in [0.3, 0.4) is 0 Å². The van der Waals surface area contributed by atoms with E-state index in [9.17, 15) is 14.7 Å². The molecule has 1 heterocycles. The van der Waals surface area contributed by atoms with E-state index < -0.39 is 23.8 Å². The van der Waals surface area contributed by atoms with Crippen molar-refractivity contribution in [1.82, 2.24) is 5.32 Å². The molecule has 0 saturated heterocycles. The van der Waals surface area contributed by atoms with Crippen LogP contribution in [0.25, 0.3) is 0 Å². The number of rotatable bonds is 12. The maximum atomic E-state index is 13.5. The van der Waals surface area contributed by atoms with Crippen LogP contribution in [0.4, 0.5) is 0 Å². The van der Waals surface area contributed by atoms with Crippen LogP contribution in [0.15, 0.2) is 91.0 Å². The predicted octanol–water partition coefficient (Wildman–Crippen LogP) is 6.29. The second kappa shape index (κ2) is 14.4. The van der Waals surface area contributed by atoms with Gasteiger partial charge in [-0.3, -0.25) is 0 Å². The molecule has 0 fully saturated rings. The standard InChI is InChI=1S/C33H28Cl3NO8/c1-20(37-18-25(38)19-41-26-9-3-22(34)4-10-26)16-21-2-15-29-30(17-21)45-33(44-29,31(39)42-27-11-5-23(35)6-12-27)32(40)43-28-13-7-24(36)8-14-28/h2-15,17,20,25,37-38H,16,18-19H2,1H3. The van der Waals surface area contributed by atoms with Crippen molar-refractivity contribution in [2.45, 2.75) is 31.3 Å². The lowest BCUT2D eigenvalue weighted by Crippen LogP contribution is -2.58. The highest BCUT2D eigenvalue weighted by Gasteiger charge is 2.60. The largest absolute Gasteiger partial charge is 0.491 e. The number of benzene rings is 4. The molecular weight excluding hydrogens is 645 g/mol. The summed E-state index contributed by atoms with van der Waals surface area (Å²) in [6.07, 6.45) is -0.224. The number of aliphatic hydroxyl groups is 1. The van der Waals surface area contributed by atoms with Crippen LogP contribution in [-0.2, 0) is 16.0 Å². The lowest BCUT2D eigenvalue weighted by Gasteiger charge is -2.23. The molecule has 12 heteroatoms. The number of nitrogens with one attached hydrogen (secondary N) is 1. The predicted molar refractivity (Wildman–Crippen MR) is 169 cm³/mol. The summed E-state index contributed by atoms with van der Waals surface area (Å²) in [4.78, 5) is 26.9. The van der Waals surface area contributed by atoms with Gasteiger partial charge in [-0.25, -0.2) is 9.59 Å². The van der Waals surface area contributed by atoms with Crippen molar-refractivity contribution in [3.8, 4) is 28.7 Å². The summed E-state index contributed by atoms with van der Waals surface area (Å²) in [5, 5.41) is 15.1. The van der Waals surface area contributed by atoms with Gasteiger partial charge in [0.2, 0.25) is 0 Å². The molecule has 0 aromatic heterocycles. The van der Waals surface area contributed by atoms with E-state index >= 15 is 0 Å². The Balaban J connectivity index is 1.24. The second-order valence-corrected chi connectivity index (χ2v) is 11.5. The van der Waals surface area contributed by atoms with Crippen LogP contribution >= 0.6 is 34.8 Å². The number of carbonyl (C=O) groups is 2. The van der Waals surface area contributed by atoms with Crippen LogP contribution in [-0.4, -0.2) is 48.1 Å². The summed E-state index contributed by atoms with van der Waals surface area (Å²) in [6.45, 7) is 2.34. The van der Waals surface area contributed by atoms with Gasteiger partial charge < -0.3 is 34.1 Å². The SMILES string of the molecule is CC(Cc1ccc2c(c1)OC(C(=O)Oc1ccc(Cl)cc1)(C(=O)Oc1ccc(Cl)cc1)O2)NCC(O)COc1ccc(Cl)cc1.